The molecule has 0 radical (unpaired) electrons. The molecule has 1 aromatic carbocycles. The van der Waals surface area contributed by atoms with Crippen molar-refractivity contribution in [3.63, 3.8) is 0 Å². The summed E-state index contributed by atoms with van der Waals surface area (Å²) >= 11 is 0. The van der Waals surface area contributed by atoms with E-state index >= 15 is 0 Å². The minimum absolute atomic E-state index is 0.0285. The first-order valence-electron chi connectivity index (χ1n) is 5.75. The fourth-order valence-corrected chi connectivity index (χ4v) is 1.95. The van der Waals surface area contributed by atoms with E-state index in [2.05, 4.69) is 5.32 Å². The van der Waals surface area contributed by atoms with Gasteiger partial charge in [0.1, 0.15) is 12.0 Å². The van der Waals surface area contributed by atoms with Crippen molar-refractivity contribution in [3.05, 3.63) is 33.9 Å². The van der Waals surface area contributed by atoms with E-state index < -0.39 is 15.7 Å². The second-order valence-corrected chi connectivity index (χ2v) is 5.98. The first kappa shape index (κ1) is 15.3. The van der Waals surface area contributed by atoms with E-state index in [9.17, 15) is 19.1 Å². The summed E-state index contributed by atoms with van der Waals surface area (Å²) in [4.78, 5) is 21.0. The van der Waals surface area contributed by atoms with Gasteiger partial charge in [0.25, 0.3) is 5.69 Å². The highest BCUT2D eigenvalue weighted by atomic mass is 32.2. The molecule has 2 atom stereocenters. The quantitative estimate of drug-likeness (QED) is 0.470. The Labute approximate surface area is 113 Å². The number of hydrogen-bond acceptors (Lipinski definition) is 5. The van der Waals surface area contributed by atoms with Gasteiger partial charge < -0.3 is 5.32 Å². The van der Waals surface area contributed by atoms with Crippen LogP contribution >= 0.6 is 0 Å². The van der Waals surface area contributed by atoms with Gasteiger partial charge in [0, 0.05) is 40.5 Å². The summed E-state index contributed by atoms with van der Waals surface area (Å²) in [6, 6.07) is 4.26. The van der Waals surface area contributed by atoms with E-state index in [1.807, 2.05) is 6.92 Å². The Balaban J connectivity index is 2.75. The minimum atomic E-state index is -0.908. The molecule has 0 aliphatic carbocycles. The van der Waals surface area contributed by atoms with Crippen LogP contribution in [0.2, 0.25) is 0 Å². The summed E-state index contributed by atoms with van der Waals surface area (Å²) in [5, 5.41) is 13.9. The largest absolute Gasteiger partial charge is 0.379 e. The number of carbonyl (C=O) groups is 1. The zero-order valence-electron chi connectivity index (χ0n) is 10.8. The SMILES string of the molecule is CC(CCNc1ccc(C=O)cc1[N+](=O)[O-])S(C)=O. The van der Waals surface area contributed by atoms with E-state index in [0.717, 1.165) is 0 Å². The van der Waals surface area contributed by atoms with Crippen molar-refractivity contribution in [2.45, 2.75) is 18.6 Å². The maximum atomic E-state index is 11.2. The fraction of sp³-hybridized carbons (Fsp3) is 0.417. The highest BCUT2D eigenvalue weighted by molar-refractivity contribution is 7.84. The Morgan fingerprint density at radius 3 is 2.74 bits per heavy atom. The van der Waals surface area contributed by atoms with E-state index in [4.69, 9.17) is 0 Å². The van der Waals surface area contributed by atoms with Gasteiger partial charge in [0.2, 0.25) is 0 Å². The number of nitrogens with one attached hydrogen (secondary N) is 1. The molecule has 19 heavy (non-hydrogen) atoms. The number of aldehydes is 1. The molecule has 0 saturated heterocycles. The molecular formula is C12H16N2O4S. The van der Waals surface area contributed by atoms with Crippen molar-refractivity contribution in [2.75, 3.05) is 18.1 Å². The Morgan fingerprint density at radius 1 is 1.53 bits per heavy atom. The van der Waals surface area contributed by atoms with Gasteiger partial charge in [-0.15, -0.1) is 0 Å². The van der Waals surface area contributed by atoms with Crippen molar-refractivity contribution in [2.24, 2.45) is 0 Å². The second kappa shape index (κ2) is 6.98. The molecule has 0 aliphatic heterocycles. The van der Waals surface area contributed by atoms with Gasteiger partial charge in [-0.3, -0.25) is 19.1 Å². The molecule has 0 aromatic heterocycles. The number of carbonyl (C=O) groups excluding carboxylic acids is 1. The zero-order chi connectivity index (χ0) is 14.4. The molecule has 0 heterocycles. The first-order chi connectivity index (χ1) is 8.95. The first-order valence-corrected chi connectivity index (χ1v) is 7.37. The van der Waals surface area contributed by atoms with Crippen LogP contribution in [0.3, 0.4) is 0 Å². The van der Waals surface area contributed by atoms with Crippen molar-refractivity contribution in [1.82, 2.24) is 0 Å². The smallest absolute Gasteiger partial charge is 0.293 e. The predicted molar refractivity (Wildman–Crippen MR) is 75.1 cm³/mol. The maximum Gasteiger partial charge on any atom is 0.293 e. The van der Waals surface area contributed by atoms with Crippen LogP contribution in [0.1, 0.15) is 23.7 Å². The molecule has 0 aliphatic rings. The average molecular weight is 284 g/mol. The van der Waals surface area contributed by atoms with E-state index in [0.29, 0.717) is 24.9 Å². The standard InChI is InChI=1S/C12H16N2O4S/c1-9(19(2)18)5-6-13-11-4-3-10(8-15)7-12(11)14(16)17/h3-4,7-9,13H,5-6H2,1-2H3. The van der Waals surface area contributed by atoms with E-state index in [-0.39, 0.29) is 16.5 Å². The van der Waals surface area contributed by atoms with Crippen LogP contribution in [0.15, 0.2) is 18.2 Å². The van der Waals surface area contributed by atoms with E-state index in [1.165, 1.54) is 18.2 Å². The number of nitrogens with zero attached hydrogens (tertiary/aromatic N) is 1. The average Bonchev–Trinajstić information content (AvgIpc) is 2.38. The van der Waals surface area contributed by atoms with Crippen LogP contribution in [0.25, 0.3) is 0 Å². The number of anilines is 1. The summed E-state index contributed by atoms with van der Waals surface area (Å²) in [5.74, 6) is 0. The molecule has 0 bridgehead atoms. The number of hydrogen-bond donors (Lipinski definition) is 1. The van der Waals surface area contributed by atoms with Gasteiger partial charge >= 0.3 is 0 Å². The third-order valence-electron chi connectivity index (χ3n) is 2.79. The molecule has 6 nitrogen and oxygen atoms in total. The Hall–Kier alpha value is -1.76. The predicted octanol–water partition coefficient (Wildman–Crippen LogP) is 1.98. The monoisotopic (exact) mass is 284 g/mol. The van der Waals surface area contributed by atoms with Gasteiger partial charge in [-0.2, -0.15) is 0 Å². The number of nitro groups is 1. The fourth-order valence-electron chi connectivity index (χ4n) is 1.50. The number of rotatable bonds is 7. The van der Waals surface area contributed by atoms with Crippen LogP contribution in [0.5, 0.6) is 0 Å². The topological polar surface area (TPSA) is 89.3 Å². The molecular weight excluding hydrogens is 268 g/mol. The van der Waals surface area contributed by atoms with Crippen LogP contribution in [0.4, 0.5) is 11.4 Å². The molecule has 0 spiro atoms. The lowest BCUT2D eigenvalue weighted by Crippen LogP contribution is -2.15. The van der Waals surface area contributed by atoms with Crippen LogP contribution < -0.4 is 5.32 Å². The summed E-state index contributed by atoms with van der Waals surface area (Å²) < 4.78 is 11.2. The van der Waals surface area contributed by atoms with Crippen LogP contribution in [-0.4, -0.2) is 33.5 Å². The Kier molecular flexibility index (Phi) is 5.62. The highest BCUT2D eigenvalue weighted by Crippen LogP contribution is 2.25. The molecule has 2 unspecified atom stereocenters. The molecule has 0 amide bonds. The third kappa shape index (κ3) is 4.44. The van der Waals surface area contributed by atoms with Gasteiger partial charge in [0.05, 0.1) is 4.92 Å². The third-order valence-corrected chi connectivity index (χ3v) is 4.16. The van der Waals surface area contributed by atoms with E-state index in [1.54, 1.807) is 6.26 Å². The summed E-state index contributed by atoms with van der Waals surface area (Å²) in [7, 11) is -0.908. The molecule has 1 aromatic rings. The van der Waals surface area contributed by atoms with Crippen molar-refractivity contribution < 1.29 is 13.9 Å². The van der Waals surface area contributed by atoms with Gasteiger partial charge in [-0.1, -0.05) is 6.92 Å². The lowest BCUT2D eigenvalue weighted by Gasteiger charge is -2.10. The van der Waals surface area contributed by atoms with Gasteiger partial charge in [-0.05, 0) is 18.6 Å². The van der Waals surface area contributed by atoms with Crippen molar-refractivity contribution in [1.29, 1.82) is 0 Å². The maximum absolute atomic E-state index is 11.2. The lowest BCUT2D eigenvalue weighted by atomic mass is 10.2. The highest BCUT2D eigenvalue weighted by Gasteiger charge is 2.14. The molecule has 0 fully saturated rings. The number of nitro benzene ring substituents is 1. The number of benzene rings is 1. The van der Waals surface area contributed by atoms with Crippen molar-refractivity contribution in [3.8, 4) is 0 Å². The van der Waals surface area contributed by atoms with Gasteiger partial charge in [0.15, 0.2) is 0 Å². The Morgan fingerprint density at radius 2 is 2.21 bits per heavy atom. The molecule has 1 N–H and O–H groups in total. The minimum Gasteiger partial charge on any atom is -0.379 e. The van der Waals surface area contributed by atoms with Crippen molar-refractivity contribution >= 4 is 28.5 Å². The summed E-state index contributed by atoms with van der Waals surface area (Å²) in [6.45, 7) is 2.35. The zero-order valence-corrected chi connectivity index (χ0v) is 11.6. The normalized spacial score (nSPS) is 13.6. The Bertz CT molecular complexity index is 505. The lowest BCUT2D eigenvalue weighted by molar-refractivity contribution is -0.384. The second-order valence-electron chi connectivity index (χ2n) is 4.18. The van der Waals surface area contributed by atoms with Gasteiger partial charge in [-0.25, -0.2) is 0 Å². The molecule has 7 heteroatoms. The van der Waals surface area contributed by atoms with Crippen LogP contribution in [-0.2, 0) is 10.8 Å². The summed E-state index contributed by atoms with van der Waals surface area (Å²) in [5.41, 5.74) is 0.500. The molecule has 0 saturated carbocycles. The molecule has 1 rings (SSSR count). The molecule has 104 valence electrons. The summed E-state index contributed by atoms with van der Waals surface area (Å²) in [6.07, 6.45) is 2.85. The van der Waals surface area contributed by atoms with Crippen LogP contribution in [0, 0.1) is 10.1 Å².